The van der Waals surface area contributed by atoms with Crippen molar-refractivity contribution in [2.75, 3.05) is 25.3 Å². The van der Waals surface area contributed by atoms with Gasteiger partial charge in [-0.2, -0.15) is 0 Å². The van der Waals surface area contributed by atoms with Crippen LogP contribution in [0.3, 0.4) is 0 Å². The van der Waals surface area contributed by atoms with Gasteiger partial charge in [0, 0.05) is 4.90 Å². The number of nitrogens with one attached hydrogen (secondary N) is 1. The van der Waals surface area contributed by atoms with E-state index in [4.69, 9.17) is 15.2 Å². The Bertz CT molecular complexity index is 838. The Kier molecular flexibility index (Phi) is 6.62. The van der Waals surface area contributed by atoms with Crippen molar-refractivity contribution in [1.82, 2.24) is 0 Å². The van der Waals surface area contributed by atoms with Crippen LogP contribution in [0.15, 0.2) is 47.4 Å². The lowest BCUT2D eigenvalue weighted by Gasteiger charge is -2.11. The molecule has 0 aliphatic heterocycles. The molecular weight excluding hydrogens is 356 g/mol. The normalized spacial score (nSPS) is 10.1. The number of ether oxygens (including phenoxy) is 2. The molecule has 0 aromatic heterocycles. The van der Waals surface area contributed by atoms with Crippen molar-refractivity contribution >= 4 is 35.2 Å². The summed E-state index contributed by atoms with van der Waals surface area (Å²) in [5.74, 6) is -1.59. The Balaban J connectivity index is 2.02. The molecule has 0 heterocycles. The van der Waals surface area contributed by atoms with Crippen molar-refractivity contribution in [2.24, 2.45) is 5.73 Å². The highest BCUT2D eigenvalue weighted by Gasteiger charge is 2.17. The number of carbonyl (C=O) groups excluding carboxylic acids is 3. The predicted molar refractivity (Wildman–Crippen MR) is 98.6 cm³/mol. The first-order valence-corrected chi connectivity index (χ1v) is 8.76. The summed E-state index contributed by atoms with van der Waals surface area (Å²) in [5.41, 5.74) is 5.89. The average Bonchev–Trinajstić information content (AvgIpc) is 2.65. The third-order valence-electron chi connectivity index (χ3n) is 3.43. The molecule has 0 aliphatic carbocycles. The Labute approximate surface area is 154 Å². The summed E-state index contributed by atoms with van der Waals surface area (Å²) < 4.78 is 10.2. The van der Waals surface area contributed by atoms with E-state index in [1.54, 1.807) is 30.3 Å². The van der Waals surface area contributed by atoms with Crippen LogP contribution in [0.25, 0.3) is 0 Å². The van der Waals surface area contributed by atoms with E-state index in [0.717, 1.165) is 4.90 Å². The number of hydrogen-bond acceptors (Lipinski definition) is 6. The maximum atomic E-state index is 12.2. The van der Waals surface area contributed by atoms with E-state index in [1.807, 2.05) is 6.26 Å². The minimum Gasteiger partial charge on any atom is -0.496 e. The molecule has 0 aliphatic rings. The van der Waals surface area contributed by atoms with Gasteiger partial charge in [-0.3, -0.25) is 9.59 Å². The topological polar surface area (TPSA) is 108 Å². The van der Waals surface area contributed by atoms with E-state index in [9.17, 15) is 14.4 Å². The van der Waals surface area contributed by atoms with Gasteiger partial charge in [0.25, 0.3) is 11.8 Å². The molecule has 136 valence electrons. The van der Waals surface area contributed by atoms with Gasteiger partial charge in [-0.25, -0.2) is 4.79 Å². The summed E-state index contributed by atoms with van der Waals surface area (Å²) >= 11 is 1.51. The number of carbonyl (C=O) groups is 3. The summed E-state index contributed by atoms with van der Waals surface area (Å²) in [6, 6.07) is 11.3. The lowest BCUT2D eigenvalue weighted by atomic mass is 10.1. The van der Waals surface area contributed by atoms with Gasteiger partial charge in [0.1, 0.15) is 11.3 Å². The SMILES string of the molecule is COc1cc(SC)ccc1C(=O)OCC(=O)Nc1ccccc1C(N)=O. The first-order valence-electron chi connectivity index (χ1n) is 7.54. The number of esters is 1. The van der Waals surface area contributed by atoms with E-state index in [1.165, 1.54) is 31.0 Å². The van der Waals surface area contributed by atoms with E-state index < -0.39 is 24.4 Å². The van der Waals surface area contributed by atoms with Gasteiger partial charge >= 0.3 is 5.97 Å². The monoisotopic (exact) mass is 374 g/mol. The van der Waals surface area contributed by atoms with Gasteiger partial charge in [0.2, 0.25) is 0 Å². The second-order valence-corrected chi connectivity index (χ2v) is 5.98. The molecule has 0 unspecified atom stereocenters. The van der Waals surface area contributed by atoms with Crippen LogP contribution in [0.2, 0.25) is 0 Å². The van der Waals surface area contributed by atoms with Crippen molar-refractivity contribution in [3.63, 3.8) is 0 Å². The molecule has 3 N–H and O–H groups in total. The molecule has 0 saturated carbocycles. The fraction of sp³-hybridized carbons (Fsp3) is 0.167. The minimum atomic E-state index is -0.687. The van der Waals surface area contributed by atoms with Gasteiger partial charge in [-0.05, 0) is 36.6 Å². The smallest absolute Gasteiger partial charge is 0.342 e. The number of rotatable bonds is 7. The Morgan fingerprint density at radius 1 is 1.12 bits per heavy atom. The molecule has 0 atom stereocenters. The molecule has 2 amide bonds. The molecular formula is C18H18N2O5S. The van der Waals surface area contributed by atoms with Crippen molar-refractivity contribution in [3.05, 3.63) is 53.6 Å². The van der Waals surface area contributed by atoms with Crippen molar-refractivity contribution < 1.29 is 23.9 Å². The highest BCUT2D eigenvalue weighted by Crippen LogP contribution is 2.26. The second kappa shape index (κ2) is 8.91. The van der Waals surface area contributed by atoms with Crippen LogP contribution >= 0.6 is 11.8 Å². The zero-order chi connectivity index (χ0) is 19.1. The Morgan fingerprint density at radius 2 is 1.85 bits per heavy atom. The van der Waals surface area contributed by atoms with Crippen molar-refractivity contribution in [3.8, 4) is 5.75 Å². The number of nitrogens with two attached hydrogens (primary N) is 1. The lowest BCUT2D eigenvalue weighted by molar-refractivity contribution is -0.119. The number of hydrogen-bond donors (Lipinski definition) is 2. The lowest BCUT2D eigenvalue weighted by Crippen LogP contribution is -2.23. The van der Waals surface area contributed by atoms with Gasteiger partial charge in [-0.15, -0.1) is 11.8 Å². The summed E-state index contributed by atoms with van der Waals surface area (Å²) in [6.45, 7) is -0.515. The van der Waals surface area contributed by atoms with E-state index in [0.29, 0.717) is 5.75 Å². The van der Waals surface area contributed by atoms with Crippen LogP contribution in [-0.4, -0.2) is 37.8 Å². The highest BCUT2D eigenvalue weighted by molar-refractivity contribution is 7.98. The quantitative estimate of drug-likeness (QED) is 0.569. The molecule has 0 spiro atoms. The maximum absolute atomic E-state index is 12.2. The number of benzene rings is 2. The molecule has 7 nitrogen and oxygen atoms in total. The molecule has 2 rings (SSSR count). The van der Waals surface area contributed by atoms with Crippen LogP contribution in [0.4, 0.5) is 5.69 Å². The average molecular weight is 374 g/mol. The molecule has 0 fully saturated rings. The van der Waals surface area contributed by atoms with Crippen LogP contribution in [-0.2, 0) is 9.53 Å². The summed E-state index contributed by atoms with van der Waals surface area (Å²) in [5, 5.41) is 2.49. The Hall–Kier alpha value is -3.00. The van der Waals surface area contributed by atoms with Crippen molar-refractivity contribution in [1.29, 1.82) is 0 Å². The summed E-state index contributed by atoms with van der Waals surface area (Å²) in [4.78, 5) is 36.5. The van der Waals surface area contributed by atoms with Gasteiger partial charge in [0.15, 0.2) is 6.61 Å². The largest absolute Gasteiger partial charge is 0.496 e. The van der Waals surface area contributed by atoms with Crippen LogP contribution in [0, 0.1) is 0 Å². The fourth-order valence-electron chi connectivity index (χ4n) is 2.17. The van der Waals surface area contributed by atoms with E-state index in [2.05, 4.69) is 5.32 Å². The number of anilines is 1. The zero-order valence-electron chi connectivity index (χ0n) is 14.3. The van der Waals surface area contributed by atoms with Gasteiger partial charge in [-0.1, -0.05) is 12.1 Å². The number of methoxy groups -OCH3 is 1. The van der Waals surface area contributed by atoms with Crippen LogP contribution < -0.4 is 15.8 Å². The standard InChI is InChI=1S/C18H18N2O5S/c1-24-15-9-11(26-2)7-8-13(15)18(23)25-10-16(21)20-14-6-4-3-5-12(14)17(19)22/h3-9H,10H2,1-2H3,(H2,19,22)(H,20,21). The number of primary amides is 1. The molecule has 2 aromatic carbocycles. The van der Waals surface area contributed by atoms with Crippen molar-refractivity contribution in [2.45, 2.75) is 4.90 Å². The fourth-order valence-corrected chi connectivity index (χ4v) is 2.60. The number of para-hydroxylation sites is 1. The summed E-state index contributed by atoms with van der Waals surface area (Å²) in [6.07, 6.45) is 1.90. The van der Waals surface area contributed by atoms with E-state index in [-0.39, 0.29) is 16.8 Å². The maximum Gasteiger partial charge on any atom is 0.342 e. The van der Waals surface area contributed by atoms with Gasteiger partial charge < -0.3 is 20.5 Å². The van der Waals surface area contributed by atoms with Crippen LogP contribution in [0.5, 0.6) is 5.75 Å². The highest BCUT2D eigenvalue weighted by atomic mass is 32.2. The number of thioether (sulfide) groups is 1. The molecule has 0 radical (unpaired) electrons. The second-order valence-electron chi connectivity index (χ2n) is 5.10. The van der Waals surface area contributed by atoms with E-state index >= 15 is 0 Å². The predicted octanol–water partition coefficient (Wildman–Crippen LogP) is 2.31. The Morgan fingerprint density at radius 3 is 2.50 bits per heavy atom. The zero-order valence-corrected chi connectivity index (χ0v) is 15.1. The van der Waals surface area contributed by atoms with Gasteiger partial charge in [0.05, 0.1) is 18.4 Å². The molecule has 8 heteroatoms. The number of amides is 2. The van der Waals surface area contributed by atoms with Crippen LogP contribution in [0.1, 0.15) is 20.7 Å². The third-order valence-corrected chi connectivity index (χ3v) is 4.15. The third kappa shape index (κ3) is 4.76. The molecule has 2 aromatic rings. The molecule has 0 bridgehead atoms. The molecule has 0 saturated heterocycles. The minimum absolute atomic E-state index is 0.168. The summed E-state index contributed by atoms with van der Waals surface area (Å²) in [7, 11) is 1.45. The first kappa shape index (κ1) is 19.3. The molecule has 26 heavy (non-hydrogen) atoms. The first-order chi connectivity index (χ1) is 12.5.